The molecule has 0 bridgehead atoms. The van der Waals surface area contributed by atoms with Crippen LogP contribution in [0.5, 0.6) is 0 Å². The zero-order chi connectivity index (χ0) is 20.7. The van der Waals surface area contributed by atoms with Gasteiger partial charge < -0.3 is 15.4 Å². The number of benzene rings is 2. The van der Waals surface area contributed by atoms with Crippen molar-refractivity contribution in [3.63, 3.8) is 0 Å². The Labute approximate surface area is 172 Å². The van der Waals surface area contributed by atoms with Crippen LogP contribution in [-0.4, -0.2) is 24.4 Å². The van der Waals surface area contributed by atoms with Crippen LogP contribution in [0, 0.1) is 6.92 Å². The van der Waals surface area contributed by atoms with Crippen LogP contribution in [0.3, 0.4) is 0 Å². The Morgan fingerprint density at radius 3 is 2.39 bits per heavy atom. The van der Waals surface area contributed by atoms with Gasteiger partial charge in [-0.2, -0.15) is 0 Å². The number of hydrogen-bond acceptors (Lipinski definition) is 4. The third-order valence-electron chi connectivity index (χ3n) is 3.52. The van der Waals surface area contributed by atoms with E-state index in [9.17, 15) is 14.4 Å². The van der Waals surface area contributed by atoms with Crippen molar-refractivity contribution in [3.8, 4) is 0 Å². The molecular formula is C20H18Cl2N2O4. The van der Waals surface area contributed by atoms with Gasteiger partial charge in [0, 0.05) is 6.92 Å². The standard InChI is InChI=1S/C20H18Cl2N2O4/c1-12-8-9-15(21)19(18(12)22)24-17(26)11-28-20(27)16(23-13(2)25)10-14-6-4-3-5-7-14/h3-10H,11H2,1-2H3,(H,23,25)(H,24,26). The van der Waals surface area contributed by atoms with Crippen molar-refractivity contribution in [2.45, 2.75) is 13.8 Å². The summed E-state index contributed by atoms with van der Waals surface area (Å²) in [6, 6.07) is 12.2. The predicted molar refractivity (Wildman–Crippen MR) is 109 cm³/mol. The van der Waals surface area contributed by atoms with Crippen molar-refractivity contribution in [3.05, 3.63) is 69.3 Å². The van der Waals surface area contributed by atoms with Gasteiger partial charge in [-0.3, -0.25) is 9.59 Å². The first-order chi connectivity index (χ1) is 13.3. The number of esters is 1. The molecule has 2 amide bonds. The zero-order valence-electron chi connectivity index (χ0n) is 15.2. The third kappa shape index (κ3) is 6.11. The van der Waals surface area contributed by atoms with Gasteiger partial charge in [0.2, 0.25) is 5.91 Å². The highest BCUT2D eigenvalue weighted by Crippen LogP contribution is 2.32. The molecule has 0 saturated heterocycles. The van der Waals surface area contributed by atoms with Crippen LogP contribution < -0.4 is 10.6 Å². The summed E-state index contributed by atoms with van der Waals surface area (Å²) in [4.78, 5) is 35.8. The fourth-order valence-corrected chi connectivity index (χ4v) is 2.67. The molecule has 0 aliphatic carbocycles. The first kappa shape index (κ1) is 21.5. The Morgan fingerprint density at radius 2 is 1.75 bits per heavy atom. The van der Waals surface area contributed by atoms with Gasteiger partial charge in [-0.1, -0.05) is 59.6 Å². The fourth-order valence-electron chi connectivity index (χ4n) is 2.21. The van der Waals surface area contributed by atoms with E-state index >= 15 is 0 Å². The van der Waals surface area contributed by atoms with Crippen LogP contribution in [0.25, 0.3) is 6.08 Å². The SMILES string of the molecule is CC(=O)NC(=Cc1ccccc1)C(=O)OCC(=O)Nc1c(Cl)ccc(C)c1Cl. The monoisotopic (exact) mass is 420 g/mol. The Kier molecular flexibility index (Phi) is 7.61. The molecule has 0 radical (unpaired) electrons. The highest BCUT2D eigenvalue weighted by molar-refractivity contribution is 6.40. The zero-order valence-corrected chi connectivity index (χ0v) is 16.7. The highest BCUT2D eigenvalue weighted by Gasteiger charge is 2.17. The summed E-state index contributed by atoms with van der Waals surface area (Å²) in [5.74, 6) is -1.91. The van der Waals surface area contributed by atoms with E-state index < -0.39 is 24.4 Å². The number of rotatable bonds is 6. The van der Waals surface area contributed by atoms with E-state index in [1.807, 2.05) is 6.07 Å². The van der Waals surface area contributed by atoms with Crippen molar-refractivity contribution in [2.75, 3.05) is 11.9 Å². The lowest BCUT2D eigenvalue weighted by atomic mass is 10.2. The van der Waals surface area contributed by atoms with Gasteiger partial charge in [-0.25, -0.2) is 4.79 Å². The lowest BCUT2D eigenvalue weighted by Gasteiger charge is -2.12. The number of aryl methyl sites for hydroxylation is 1. The van der Waals surface area contributed by atoms with Gasteiger partial charge in [-0.15, -0.1) is 0 Å². The van der Waals surface area contributed by atoms with Crippen molar-refractivity contribution in [2.24, 2.45) is 0 Å². The molecule has 0 heterocycles. The lowest BCUT2D eigenvalue weighted by Crippen LogP contribution is -2.29. The molecule has 2 aromatic rings. The molecule has 6 nitrogen and oxygen atoms in total. The molecule has 28 heavy (non-hydrogen) atoms. The second kappa shape index (κ2) is 9.92. The molecule has 0 spiro atoms. The molecule has 0 saturated carbocycles. The molecule has 0 aromatic heterocycles. The second-order valence-corrected chi connectivity index (χ2v) is 6.61. The molecule has 2 N–H and O–H groups in total. The first-order valence-electron chi connectivity index (χ1n) is 8.24. The first-order valence-corrected chi connectivity index (χ1v) is 8.99. The number of halogens is 2. The van der Waals surface area contributed by atoms with Crippen LogP contribution >= 0.6 is 23.2 Å². The largest absolute Gasteiger partial charge is 0.451 e. The minimum absolute atomic E-state index is 0.0851. The summed E-state index contributed by atoms with van der Waals surface area (Å²) < 4.78 is 5.00. The molecular weight excluding hydrogens is 403 g/mol. The normalized spacial score (nSPS) is 10.9. The summed E-state index contributed by atoms with van der Waals surface area (Å²) in [7, 11) is 0. The van der Waals surface area contributed by atoms with Crippen LogP contribution in [0.4, 0.5) is 5.69 Å². The maximum Gasteiger partial charge on any atom is 0.355 e. The van der Waals surface area contributed by atoms with Gasteiger partial charge in [0.1, 0.15) is 5.70 Å². The Bertz CT molecular complexity index is 927. The van der Waals surface area contributed by atoms with E-state index in [-0.39, 0.29) is 16.4 Å². The van der Waals surface area contributed by atoms with E-state index in [0.29, 0.717) is 10.6 Å². The van der Waals surface area contributed by atoms with Crippen molar-refractivity contribution in [1.29, 1.82) is 0 Å². The molecule has 146 valence electrons. The maximum atomic E-state index is 12.3. The Hall–Kier alpha value is -2.83. The smallest absolute Gasteiger partial charge is 0.355 e. The van der Waals surface area contributed by atoms with Crippen molar-refractivity contribution in [1.82, 2.24) is 5.32 Å². The van der Waals surface area contributed by atoms with E-state index in [1.54, 1.807) is 43.3 Å². The van der Waals surface area contributed by atoms with Crippen LogP contribution in [-0.2, 0) is 19.1 Å². The van der Waals surface area contributed by atoms with Crippen molar-refractivity contribution < 1.29 is 19.1 Å². The number of amides is 2. The molecule has 0 unspecified atom stereocenters. The average Bonchev–Trinajstić information content (AvgIpc) is 2.66. The average molecular weight is 421 g/mol. The Morgan fingerprint density at radius 1 is 1.07 bits per heavy atom. The van der Waals surface area contributed by atoms with Crippen LogP contribution in [0.1, 0.15) is 18.1 Å². The highest BCUT2D eigenvalue weighted by atomic mass is 35.5. The van der Waals surface area contributed by atoms with Gasteiger partial charge in [-0.05, 0) is 30.2 Å². The topological polar surface area (TPSA) is 84.5 Å². The number of hydrogen-bond donors (Lipinski definition) is 2. The number of anilines is 1. The Balaban J connectivity index is 2.06. The number of nitrogens with one attached hydrogen (secondary N) is 2. The van der Waals surface area contributed by atoms with Gasteiger partial charge >= 0.3 is 5.97 Å². The molecule has 0 fully saturated rings. The molecule has 2 rings (SSSR count). The third-order valence-corrected chi connectivity index (χ3v) is 4.33. The van der Waals surface area contributed by atoms with E-state index in [2.05, 4.69) is 10.6 Å². The summed E-state index contributed by atoms with van der Waals surface area (Å²) >= 11 is 12.2. The lowest BCUT2D eigenvalue weighted by molar-refractivity contribution is -0.144. The summed E-state index contributed by atoms with van der Waals surface area (Å²) in [5, 5.41) is 5.48. The fraction of sp³-hybridized carbons (Fsp3) is 0.150. The summed E-state index contributed by atoms with van der Waals surface area (Å²) in [6.45, 7) is 2.45. The summed E-state index contributed by atoms with van der Waals surface area (Å²) in [5.41, 5.74) is 1.58. The van der Waals surface area contributed by atoms with Gasteiger partial charge in [0.05, 0.1) is 15.7 Å². The number of carbonyl (C=O) groups excluding carboxylic acids is 3. The molecule has 2 aromatic carbocycles. The minimum Gasteiger partial charge on any atom is -0.451 e. The molecule has 0 aliphatic rings. The predicted octanol–water partition coefficient (Wildman–Crippen LogP) is 3.96. The minimum atomic E-state index is -0.851. The van der Waals surface area contributed by atoms with Crippen molar-refractivity contribution >= 4 is 52.7 Å². The quantitative estimate of drug-likeness (QED) is 0.546. The number of carbonyl (C=O) groups is 3. The van der Waals surface area contributed by atoms with Gasteiger partial charge in [0.15, 0.2) is 6.61 Å². The van der Waals surface area contributed by atoms with E-state index in [1.165, 1.54) is 13.0 Å². The van der Waals surface area contributed by atoms with E-state index in [0.717, 1.165) is 5.56 Å². The van der Waals surface area contributed by atoms with Crippen LogP contribution in [0.2, 0.25) is 10.0 Å². The maximum absolute atomic E-state index is 12.3. The van der Waals surface area contributed by atoms with Crippen LogP contribution in [0.15, 0.2) is 48.2 Å². The number of ether oxygens (including phenoxy) is 1. The molecule has 8 heteroatoms. The molecule has 0 aliphatic heterocycles. The molecule has 0 atom stereocenters. The van der Waals surface area contributed by atoms with Gasteiger partial charge in [0.25, 0.3) is 5.91 Å². The second-order valence-electron chi connectivity index (χ2n) is 5.83. The summed E-state index contributed by atoms with van der Waals surface area (Å²) in [6.07, 6.45) is 1.45. The van der Waals surface area contributed by atoms with E-state index in [4.69, 9.17) is 27.9 Å².